The second-order valence-electron chi connectivity index (χ2n) is 3.78. The number of imide groups is 1. The molecule has 1 unspecified atom stereocenters. The number of carbonyl (C=O) groups is 2. The van der Waals surface area contributed by atoms with E-state index in [2.05, 4.69) is 15.9 Å². The van der Waals surface area contributed by atoms with Gasteiger partial charge in [0.1, 0.15) is 0 Å². The van der Waals surface area contributed by atoms with Crippen molar-refractivity contribution in [1.29, 1.82) is 5.26 Å². The van der Waals surface area contributed by atoms with Crippen molar-refractivity contribution in [2.45, 2.75) is 6.42 Å². The Bertz CT molecular complexity index is 504. The van der Waals surface area contributed by atoms with Crippen LogP contribution in [-0.2, 0) is 9.59 Å². The van der Waals surface area contributed by atoms with Gasteiger partial charge in [0.25, 0.3) is 0 Å². The molecule has 1 aromatic carbocycles. The molecule has 1 aliphatic heterocycles. The fourth-order valence-electron chi connectivity index (χ4n) is 1.77. The van der Waals surface area contributed by atoms with Crippen molar-refractivity contribution in [2.24, 2.45) is 5.92 Å². The van der Waals surface area contributed by atoms with Gasteiger partial charge in [-0.2, -0.15) is 5.26 Å². The van der Waals surface area contributed by atoms with E-state index in [1.807, 2.05) is 6.07 Å². The van der Waals surface area contributed by atoms with E-state index in [4.69, 9.17) is 5.26 Å². The van der Waals surface area contributed by atoms with Gasteiger partial charge < -0.3 is 0 Å². The van der Waals surface area contributed by atoms with Crippen molar-refractivity contribution in [2.75, 3.05) is 10.2 Å². The largest absolute Gasteiger partial charge is 0.274 e. The van der Waals surface area contributed by atoms with E-state index in [-0.39, 0.29) is 24.2 Å². The fraction of sp³-hybridized carbons (Fsp3) is 0.250. The number of rotatable bonds is 2. The molecule has 2 amide bonds. The standard InChI is InChI=1S/C12H9BrN2O2/c13-6-9-5-11(16)15(12(9)17)10-3-1-8(7-14)2-4-10/h1-4,9H,5-6H2. The average molecular weight is 293 g/mol. The second-order valence-corrected chi connectivity index (χ2v) is 4.43. The Labute approximate surface area is 107 Å². The number of amides is 2. The summed E-state index contributed by atoms with van der Waals surface area (Å²) in [6.07, 6.45) is 0.240. The van der Waals surface area contributed by atoms with E-state index in [0.717, 1.165) is 0 Å². The number of alkyl halides is 1. The van der Waals surface area contributed by atoms with Gasteiger partial charge in [-0.1, -0.05) is 15.9 Å². The molecular weight excluding hydrogens is 284 g/mol. The Morgan fingerprint density at radius 1 is 1.35 bits per heavy atom. The highest BCUT2D eigenvalue weighted by molar-refractivity contribution is 9.09. The van der Waals surface area contributed by atoms with Gasteiger partial charge in [0, 0.05) is 11.8 Å². The van der Waals surface area contributed by atoms with E-state index >= 15 is 0 Å². The lowest BCUT2D eigenvalue weighted by molar-refractivity contribution is -0.122. The molecular formula is C12H9BrN2O2. The first-order valence-electron chi connectivity index (χ1n) is 5.10. The van der Waals surface area contributed by atoms with Gasteiger partial charge in [0.05, 0.1) is 23.2 Å². The molecule has 4 nitrogen and oxygen atoms in total. The molecule has 1 atom stereocenters. The van der Waals surface area contributed by atoms with Crippen molar-refractivity contribution >= 4 is 33.4 Å². The lowest BCUT2D eigenvalue weighted by Crippen LogP contribution is -2.30. The molecule has 5 heteroatoms. The zero-order valence-electron chi connectivity index (χ0n) is 8.89. The molecule has 2 rings (SSSR count). The molecule has 1 saturated heterocycles. The van der Waals surface area contributed by atoms with Crippen LogP contribution in [0, 0.1) is 17.2 Å². The number of anilines is 1. The van der Waals surface area contributed by atoms with Crippen LogP contribution >= 0.6 is 15.9 Å². The molecule has 1 aliphatic rings. The molecule has 0 saturated carbocycles. The van der Waals surface area contributed by atoms with Crippen LogP contribution in [0.4, 0.5) is 5.69 Å². The highest BCUT2D eigenvalue weighted by Crippen LogP contribution is 2.27. The minimum absolute atomic E-state index is 0.184. The van der Waals surface area contributed by atoms with Crippen molar-refractivity contribution in [3.8, 4) is 6.07 Å². The van der Waals surface area contributed by atoms with Gasteiger partial charge in [-0.25, -0.2) is 0 Å². The van der Waals surface area contributed by atoms with E-state index in [1.165, 1.54) is 4.90 Å². The van der Waals surface area contributed by atoms with Crippen LogP contribution in [0.25, 0.3) is 0 Å². The lowest BCUT2D eigenvalue weighted by Gasteiger charge is -2.14. The summed E-state index contributed by atoms with van der Waals surface area (Å²) in [5, 5.41) is 9.16. The van der Waals surface area contributed by atoms with E-state index < -0.39 is 0 Å². The summed E-state index contributed by atoms with van der Waals surface area (Å²) >= 11 is 3.22. The fourth-order valence-corrected chi connectivity index (χ4v) is 2.28. The van der Waals surface area contributed by atoms with Gasteiger partial charge >= 0.3 is 0 Å². The Hall–Kier alpha value is -1.67. The molecule has 17 heavy (non-hydrogen) atoms. The molecule has 0 spiro atoms. The molecule has 0 bridgehead atoms. The molecule has 0 aliphatic carbocycles. The normalized spacial score (nSPS) is 19.5. The highest BCUT2D eigenvalue weighted by atomic mass is 79.9. The Kier molecular flexibility index (Phi) is 3.25. The second kappa shape index (κ2) is 4.68. The van der Waals surface area contributed by atoms with Gasteiger partial charge in [-0.05, 0) is 24.3 Å². The van der Waals surface area contributed by atoms with Gasteiger partial charge in [-0.3, -0.25) is 14.5 Å². The van der Waals surface area contributed by atoms with Crippen LogP contribution < -0.4 is 4.90 Å². The average Bonchev–Trinajstić information content (AvgIpc) is 2.64. The molecule has 0 N–H and O–H groups in total. The summed E-state index contributed by atoms with van der Waals surface area (Å²) in [7, 11) is 0. The maximum absolute atomic E-state index is 11.9. The molecule has 1 fully saturated rings. The number of hydrogen-bond acceptors (Lipinski definition) is 3. The van der Waals surface area contributed by atoms with Crippen LogP contribution in [-0.4, -0.2) is 17.1 Å². The van der Waals surface area contributed by atoms with Crippen molar-refractivity contribution in [1.82, 2.24) is 0 Å². The summed E-state index contributed by atoms with van der Waals surface area (Å²) in [4.78, 5) is 24.8. The maximum Gasteiger partial charge on any atom is 0.238 e. The third-order valence-corrected chi connectivity index (χ3v) is 3.46. The molecule has 1 aromatic rings. The van der Waals surface area contributed by atoms with Crippen molar-refractivity contribution in [3.05, 3.63) is 29.8 Å². The molecule has 1 heterocycles. The van der Waals surface area contributed by atoms with E-state index in [1.54, 1.807) is 24.3 Å². The summed E-state index contributed by atoms with van der Waals surface area (Å²) in [5.74, 6) is -0.654. The zero-order chi connectivity index (χ0) is 12.4. The number of nitrogens with zero attached hydrogens (tertiary/aromatic N) is 2. The molecule has 0 radical (unpaired) electrons. The molecule has 86 valence electrons. The summed E-state index contributed by atoms with van der Waals surface area (Å²) < 4.78 is 0. The Morgan fingerprint density at radius 2 is 2.00 bits per heavy atom. The maximum atomic E-state index is 11.9. The number of carbonyl (C=O) groups excluding carboxylic acids is 2. The van der Waals surface area contributed by atoms with Gasteiger partial charge in [0.15, 0.2) is 0 Å². The van der Waals surface area contributed by atoms with Crippen LogP contribution in [0.3, 0.4) is 0 Å². The topological polar surface area (TPSA) is 61.2 Å². The van der Waals surface area contributed by atoms with Crippen molar-refractivity contribution in [3.63, 3.8) is 0 Å². The minimum atomic E-state index is -0.279. The third kappa shape index (κ3) is 2.08. The predicted molar refractivity (Wildman–Crippen MR) is 65.6 cm³/mol. The van der Waals surface area contributed by atoms with Crippen LogP contribution in [0.15, 0.2) is 24.3 Å². The lowest BCUT2D eigenvalue weighted by atomic mass is 10.1. The Morgan fingerprint density at radius 3 is 2.47 bits per heavy atom. The monoisotopic (exact) mass is 292 g/mol. The minimum Gasteiger partial charge on any atom is -0.274 e. The quantitative estimate of drug-likeness (QED) is 0.617. The zero-order valence-corrected chi connectivity index (χ0v) is 10.5. The SMILES string of the molecule is N#Cc1ccc(N2C(=O)CC(CBr)C2=O)cc1. The van der Waals surface area contributed by atoms with E-state index in [0.29, 0.717) is 16.6 Å². The third-order valence-electron chi connectivity index (χ3n) is 2.68. The first-order chi connectivity index (χ1) is 8.17. The van der Waals surface area contributed by atoms with Crippen LogP contribution in [0.1, 0.15) is 12.0 Å². The van der Waals surface area contributed by atoms with Crippen LogP contribution in [0.5, 0.6) is 0 Å². The van der Waals surface area contributed by atoms with Crippen molar-refractivity contribution < 1.29 is 9.59 Å². The highest BCUT2D eigenvalue weighted by Gasteiger charge is 2.38. The number of halogens is 1. The van der Waals surface area contributed by atoms with Crippen LogP contribution in [0.2, 0.25) is 0 Å². The smallest absolute Gasteiger partial charge is 0.238 e. The van der Waals surface area contributed by atoms with E-state index in [9.17, 15) is 9.59 Å². The number of benzene rings is 1. The summed E-state index contributed by atoms with van der Waals surface area (Å²) in [6, 6.07) is 8.41. The number of nitriles is 1. The van der Waals surface area contributed by atoms with Gasteiger partial charge in [-0.15, -0.1) is 0 Å². The first-order valence-corrected chi connectivity index (χ1v) is 6.22. The first kappa shape index (κ1) is 11.8. The predicted octanol–water partition coefficient (Wildman–Crippen LogP) is 1.83. The number of hydrogen-bond donors (Lipinski definition) is 0. The molecule has 0 aromatic heterocycles. The summed E-state index contributed by atoms with van der Waals surface area (Å²) in [6.45, 7) is 0. The summed E-state index contributed by atoms with van der Waals surface area (Å²) in [5.41, 5.74) is 1.03. The van der Waals surface area contributed by atoms with Gasteiger partial charge in [0.2, 0.25) is 11.8 Å². The Balaban J connectivity index is 2.31.